The summed E-state index contributed by atoms with van der Waals surface area (Å²) < 4.78 is 21.5. The molecule has 0 spiro atoms. The Morgan fingerprint density at radius 1 is 0.667 bits per heavy atom. The van der Waals surface area contributed by atoms with Gasteiger partial charge in [-0.25, -0.2) is 19.2 Å². The standard InChI is InChI=1S/C27H24N2O5.C18H10O5/c1-2-29(15-17-9-11-28-12-10-17)16-22-23(30)8-7-19-20(14-25(31)34-26(19)22)21-13-18-5-3-4-6-24(18)33-27(21)32;19-11-5-6-12-13(9-17(20)22-16(12)8-11)14-7-10-3-1-2-4-15(10)23-18(14)21/h3-9,11-14,17,30H,2,10,15-16H2,1H3;1-9,19H. The summed E-state index contributed by atoms with van der Waals surface area (Å²) in [5.41, 5.74) is 1.03. The molecule has 2 N–H and O–H groups in total. The first kappa shape index (κ1) is 36.7. The van der Waals surface area contributed by atoms with E-state index in [1.54, 1.807) is 60.8 Å². The number of rotatable bonds is 7. The van der Waals surface area contributed by atoms with Gasteiger partial charge in [-0.3, -0.25) is 9.89 Å². The monoisotopic (exact) mass is 762 g/mol. The molecule has 1 unspecified atom stereocenters. The van der Waals surface area contributed by atoms with Gasteiger partial charge in [0.15, 0.2) is 0 Å². The lowest BCUT2D eigenvalue weighted by Crippen LogP contribution is -2.29. The third kappa shape index (κ3) is 7.53. The molecule has 5 heterocycles. The lowest BCUT2D eigenvalue weighted by molar-refractivity contribution is 0.250. The van der Waals surface area contributed by atoms with Crippen LogP contribution in [0.1, 0.15) is 18.9 Å². The van der Waals surface area contributed by atoms with Gasteiger partial charge in [0.05, 0.1) is 16.7 Å². The van der Waals surface area contributed by atoms with Gasteiger partial charge in [0, 0.05) is 76.4 Å². The van der Waals surface area contributed by atoms with Crippen molar-refractivity contribution in [3.05, 3.63) is 163 Å². The van der Waals surface area contributed by atoms with Crippen LogP contribution in [-0.2, 0) is 6.54 Å². The van der Waals surface area contributed by atoms with Gasteiger partial charge in [0.1, 0.15) is 33.8 Å². The summed E-state index contributed by atoms with van der Waals surface area (Å²) in [4.78, 5) is 55.8. The second-order valence-corrected chi connectivity index (χ2v) is 13.5. The number of phenolic OH excluding ortho intramolecular Hbond substituents is 2. The van der Waals surface area contributed by atoms with Gasteiger partial charge in [0.2, 0.25) is 0 Å². The van der Waals surface area contributed by atoms with Crippen molar-refractivity contribution in [3.63, 3.8) is 0 Å². The Bertz CT molecular complexity index is 3140. The molecule has 12 nitrogen and oxygen atoms in total. The fraction of sp³-hybridized carbons (Fsp3) is 0.133. The fourth-order valence-corrected chi connectivity index (χ4v) is 7.02. The zero-order valence-electron chi connectivity index (χ0n) is 30.5. The Morgan fingerprint density at radius 2 is 1.28 bits per heavy atom. The van der Waals surface area contributed by atoms with Crippen molar-refractivity contribution in [3.8, 4) is 33.8 Å². The molecule has 57 heavy (non-hydrogen) atoms. The average molecular weight is 763 g/mol. The highest BCUT2D eigenvalue weighted by Crippen LogP contribution is 2.34. The summed E-state index contributed by atoms with van der Waals surface area (Å²) in [6.07, 6.45) is 6.63. The van der Waals surface area contributed by atoms with E-state index < -0.39 is 22.5 Å². The van der Waals surface area contributed by atoms with Gasteiger partial charge < -0.3 is 27.9 Å². The molecule has 8 aromatic rings. The van der Waals surface area contributed by atoms with Crippen molar-refractivity contribution in [2.75, 3.05) is 13.1 Å². The second kappa shape index (κ2) is 15.4. The molecular weight excluding hydrogens is 728 g/mol. The lowest BCUT2D eigenvalue weighted by atomic mass is 9.99. The number of nitrogens with zero attached hydrogens (tertiary/aromatic N) is 2. The molecule has 0 bridgehead atoms. The highest BCUT2D eigenvalue weighted by atomic mass is 16.4. The molecule has 4 aromatic heterocycles. The Labute approximate surface area is 322 Å². The molecule has 0 fully saturated rings. The van der Waals surface area contributed by atoms with E-state index in [2.05, 4.69) is 16.0 Å². The zero-order chi connectivity index (χ0) is 39.6. The minimum atomic E-state index is -0.606. The lowest BCUT2D eigenvalue weighted by Gasteiger charge is -2.25. The number of benzene rings is 4. The molecule has 12 heteroatoms. The molecule has 9 rings (SSSR count). The Hall–Kier alpha value is -7.31. The number of phenols is 2. The SMILES string of the molecule is CCN(Cc1c(O)ccc2c(-c3cc4ccccc4oc3=O)cc(=O)oc12)CC1C=CN=CC1.O=c1cc(-c2cc3ccccc3oc2=O)c2ccc(O)cc2o1. The molecular formula is C45H34N2O10. The summed E-state index contributed by atoms with van der Waals surface area (Å²) in [7, 11) is 0. The first-order valence-electron chi connectivity index (χ1n) is 18.2. The van der Waals surface area contributed by atoms with E-state index in [-0.39, 0.29) is 33.8 Å². The second-order valence-electron chi connectivity index (χ2n) is 13.5. The molecule has 4 aromatic carbocycles. The summed E-state index contributed by atoms with van der Waals surface area (Å²) in [5, 5.41) is 22.9. The van der Waals surface area contributed by atoms with E-state index in [4.69, 9.17) is 17.7 Å². The predicted octanol–water partition coefficient (Wildman–Crippen LogP) is 7.97. The van der Waals surface area contributed by atoms with Crippen molar-refractivity contribution in [2.45, 2.75) is 19.9 Å². The van der Waals surface area contributed by atoms with Gasteiger partial charge in [0.25, 0.3) is 0 Å². The van der Waals surface area contributed by atoms with Gasteiger partial charge in [-0.05, 0) is 67.4 Å². The number of aromatic hydroxyl groups is 2. The topological polar surface area (TPSA) is 177 Å². The Kier molecular flexibility index (Phi) is 9.93. The first-order chi connectivity index (χ1) is 27.6. The molecule has 0 amide bonds. The van der Waals surface area contributed by atoms with E-state index in [1.165, 1.54) is 24.3 Å². The number of hydrogen-bond acceptors (Lipinski definition) is 12. The van der Waals surface area contributed by atoms with Crippen LogP contribution in [0, 0.1) is 5.92 Å². The van der Waals surface area contributed by atoms with E-state index in [0.29, 0.717) is 51.1 Å². The fourth-order valence-electron chi connectivity index (χ4n) is 7.02. The van der Waals surface area contributed by atoms with Crippen LogP contribution in [-0.4, -0.2) is 34.4 Å². The van der Waals surface area contributed by atoms with E-state index >= 15 is 0 Å². The first-order valence-corrected chi connectivity index (χ1v) is 18.2. The molecule has 0 saturated heterocycles. The highest BCUT2D eigenvalue weighted by Gasteiger charge is 2.21. The van der Waals surface area contributed by atoms with Crippen LogP contribution < -0.4 is 22.5 Å². The molecule has 0 radical (unpaired) electrons. The quantitative estimate of drug-likeness (QED) is 0.151. The maximum absolute atomic E-state index is 12.8. The number of hydrogen-bond donors (Lipinski definition) is 2. The van der Waals surface area contributed by atoms with E-state index in [9.17, 15) is 29.4 Å². The van der Waals surface area contributed by atoms with E-state index in [1.807, 2.05) is 37.4 Å². The third-order valence-electron chi connectivity index (χ3n) is 9.86. The van der Waals surface area contributed by atoms with Crippen LogP contribution >= 0.6 is 0 Å². The summed E-state index contributed by atoms with van der Waals surface area (Å²) in [6, 6.07) is 27.9. The maximum atomic E-state index is 12.8. The summed E-state index contributed by atoms with van der Waals surface area (Å²) in [6.45, 7) is 3.95. The average Bonchev–Trinajstić information content (AvgIpc) is 3.21. The minimum Gasteiger partial charge on any atom is -0.508 e. The summed E-state index contributed by atoms with van der Waals surface area (Å²) in [5.74, 6) is 0.334. The minimum absolute atomic E-state index is 0.0247. The number of aliphatic imine (C=N–C) groups is 1. The van der Waals surface area contributed by atoms with Crippen molar-refractivity contribution in [1.29, 1.82) is 0 Å². The van der Waals surface area contributed by atoms with Crippen LogP contribution in [0.15, 0.2) is 157 Å². The normalized spacial score (nSPS) is 13.8. The largest absolute Gasteiger partial charge is 0.508 e. The van der Waals surface area contributed by atoms with Gasteiger partial charge in [-0.1, -0.05) is 49.4 Å². The third-order valence-corrected chi connectivity index (χ3v) is 9.86. The smallest absolute Gasteiger partial charge is 0.344 e. The predicted molar refractivity (Wildman–Crippen MR) is 218 cm³/mol. The van der Waals surface area contributed by atoms with Gasteiger partial charge in [-0.15, -0.1) is 0 Å². The van der Waals surface area contributed by atoms with Crippen LogP contribution in [0.25, 0.3) is 66.1 Å². The number of para-hydroxylation sites is 2. The summed E-state index contributed by atoms with van der Waals surface area (Å²) >= 11 is 0. The van der Waals surface area contributed by atoms with E-state index in [0.717, 1.165) is 30.3 Å². The number of fused-ring (bicyclic) bond motifs is 4. The Morgan fingerprint density at radius 3 is 1.91 bits per heavy atom. The van der Waals surface area contributed by atoms with Crippen molar-refractivity contribution in [2.24, 2.45) is 10.9 Å². The molecule has 1 aliphatic heterocycles. The molecule has 0 saturated carbocycles. The Balaban J connectivity index is 0.000000172. The van der Waals surface area contributed by atoms with Crippen LogP contribution in [0.5, 0.6) is 11.5 Å². The van der Waals surface area contributed by atoms with Gasteiger partial charge >= 0.3 is 22.5 Å². The molecule has 284 valence electrons. The molecule has 1 aliphatic rings. The zero-order valence-corrected chi connectivity index (χ0v) is 30.5. The van der Waals surface area contributed by atoms with Crippen LogP contribution in [0.3, 0.4) is 0 Å². The van der Waals surface area contributed by atoms with Gasteiger partial charge in [-0.2, -0.15) is 0 Å². The highest BCUT2D eigenvalue weighted by molar-refractivity contribution is 5.97. The van der Waals surface area contributed by atoms with Crippen LogP contribution in [0.4, 0.5) is 0 Å². The van der Waals surface area contributed by atoms with Crippen LogP contribution in [0.2, 0.25) is 0 Å². The van der Waals surface area contributed by atoms with Crippen molar-refractivity contribution >= 4 is 50.1 Å². The molecule has 0 aliphatic carbocycles. The molecule has 1 atom stereocenters. The maximum Gasteiger partial charge on any atom is 0.344 e. The van der Waals surface area contributed by atoms with Crippen molar-refractivity contribution < 1.29 is 27.9 Å². The van der Waals surface area contributed by atoms with Crippen molar-refractivity contribution in [1.82, 2.24) is 4.90 Å².